The second kappa shape index (κ2) is 5.11. The topological polar surface area (TPSA) is 45.8 Å². The molecule has 0 fully saturated rings. The number of pyridine rings is 1. The Balaban J connectivity index is 2.81. The Labute approximate surface area is 112 Å². The van der Waals surface area contributed by atoms with Gasteiger partial charge >= 0.3 is 0 Å². The standard InChI is InChI=1S/C16H16N2O/c1-11(2)18-10-12(3)15(14(9-17)16(18)19)13-7-5-4-6-8-13/h4-8,10-11H,1-3H3. The Morgan fingerprint density at radius 2 is 1.84 bits per heavy atom. The van der Waals surface area contributed by atoms with Gasteiger partial charge in [0, 0.05) is 17.8 Å². The predicted octanol–water partition coefficient (Wildman–Crippen LogP) is 3.28. The van der Waals surface area contributed by atoms with Crippen molar-refractivity contribution in [3.05, 3.63) is 58.0 Å². The lowest BCUT2D eigenvalue weighted by Crippen LogP contribution is -2.25. The number of hydrogen-bond donors (Lipinski definition) is 0. The first-order valence-electron chi connectivity index (χ1n) is 6.27. The van der Waals surface area contributed by atoms with Crippen molar-refractivity contribution in [1.82, 2.24) is 4.57 Å². The first-order valence-corrected chi connectivity index (χ1v) is 6.27. The molecule has 2 rings (SSSR count). The summed E-state index contributed by atoms with van der Waals surface area (Å²) in [7, 11) is 0. The smallest absolute Gasteiger partial charge is 0.269 e. The minimum Gasteiger partial charge on any atom is -0.312 e. The fraction of sp³-hybridized carbons (Fsp3) is 0.250. The van der Waals surface area contributed by atoms with Gasteiger partial charge in [0.2, 0.25) is 0 Å². The zero-order valence-electron chi connectivity index (χ0n) is 11.3. The molecular weight excluding hydrogens is 236 g/mol. The molecule has 2 aromatic rings. The molecule has 0 aliphatic carbocycles. The summed E-state index contributed by atoms with van der Waals surface area (Å²) in [6.07, 6.45) is 1.83. The molecule has 0 bridgehead atoms. The molecule has 0 saturated carbocycles. The Morgan fingerprint density at radius 1 is 1.21 bits per heavy atom. The van der Waals surface area contributed by atoms with Gasteiger partial charge in [0.05, 0.1) is 0 Å². The van der Waals surface area contributed by atoms with Crippen LogP contribution >= 0.6 is 0 Å². The third kappa shape index (κ3) is 2.30. The largest absolute Gasteiger partial charge is 0.312 e. The molecule has 0 saturated heterocycles. The van der Waals surface area contributed by atoms with Crippen molar-refractivity contribution < 1.29 is 0 Å². The zero-order valence-corrected chi connectivity index (χ0v) is 11.3. The molecule has 0 atom stereocenters. The van der Waals surface area contributed by atoms with E-state index in [9.17, 15) is 10.1 Å². The van der Waals surface area contributed by atoms with Crippen molar-refractivity contribution in [1.29, 1.82) is 5.26 Å². The third-order valence-corrected chi connectivity index (χ3v) is 3.16. The van der Waals surface area contributed by atoms with Crippen LogP contribution in [0.4, 0.5) is 0 Å². The van der Waals surface area contributed by atoms with Crippen LogP contribution in [0.3, 0.4) is 0 Å². The van der Waals surface area contributed by atoms with Crippen LogP contribution in [0.15, 0.2) is 41.3 Å². The van der Waals surface area contributed by atoms with Crippen molar-refractivity contribution in [3.8, 4) is 17.2 Å². The molecule has 1 heterocycles. The van der Waals surface area contributed by atoms with Crippen molar-refractivity contribution in [2.75, 3.05) is 0 Å². The number of rotatable bonds is 2. The Bertz CT molecular complexity index is 691. The molecule has 0 amide bonds. The quantitative estimate of drug-likeness (QED) is 0.823. The van der Waals surface area contributed by atoms with Gasteiger partial charge in [-0.1, -0.05) is 30.3 Å². The van der Waals surface area contributed by atoms with E-state index in [1.165, 1.54) is 0 Å². The lowest BCUT2D eigenvalue weighted by atomic mass is 9.97. The molecule has 96 valence electrons. The summed E-state index contributed by atoms with van der Waals surface area (Å²) in [5.74, 6) is 0. The summed E-state index contributed by atoms with van der Waals surface area (Å²) in [6.45, 7) is 5.80. The first kappa shape index (κ1) is 13.1. The van der Waals surface area contributed by atoms with Gasteiger partial charge in [-0.3, -0.25) is 4.79 Å². The number of nitrogens with zero attached hydrogens (tertiary/aromatic N) is 2. The lowest BCUT2D eigenvalue weighted by molar-refractivity contribution is 0.575. The molecule has 0 aliphatic heterocycles. The molecule has 19 heavy (non-hydrogen) atoms. The molecule has 1 aromatic heterocycles. The highest BCUT2D eigenvalue weighted by Crippen LogP contribution is 2.25. The fourth-order valence-corrected chi connectivity index (χ4v) is 2.23. The monoisotopic (exact) mass is 252 g/mol. The molecule has 3 heteroatoms. The predicted molar refractivity (Wildman–Crippen MR) is 76.0 cm³/mol. The number of benzene rings is 1. The van der Waals surface area contributed by atoms with Gasteiger partial charge < -0.3 is 4.57 Å². The Kier molecular flexibility index (Phi) is 3.52. The first-order chi connectivity index (χ1) is 9.06. The van der Waals surface area contributed by atoms with E-state index in [4.69, 9.17) is 0 Å². The maximum absolute atomic E-state index is 12.3. The van der Waals surface area contributed by atoms with E-state index >= 15 is 0 Å². The molecule has 0 spiro atoms. The van der Waals surface area contributed by atoms with Gasteiger partial charge in [-0.05, 0) is 31.9 Å². The van der Waals surface area contributed by atoms with E-state index < -0.39 is 0 Å². The van der Waals surface area contributed by atoms with E-state index in [1.54, 1.807) is 4.57 Å². The highest BCUT2D eigenvalue weighted by molar-refractivity contribution is 5.72. The number of aryl methyl sites for hydroxylation is 1. The van der Waals surface area contributed by atoms with Crippen LogP contribution in [0.25, 0.3) is 11.1 Å². The maximum atomic E-state index is 12.3. The minimum absolute atomic E-state index is 0.0446. The van der Waals surface area contributed by atoms with E-state index in [0.29, 0.717) is 0 Å². The maximum Gasteiger partial charge on any atom is 0.269 e. The summed E-state index contributed by atoms with van der Waals surface area (Å²) in [4.78, 5) is 12.3. The van der Waals surface area contributed by atoms with E-state index in [-0.39, 0.29) is 17.2 Å². The van der Waals surface area contributed by atoms with Crippen LogP contribution in [0.2, 0.25) is 0 Å². The highest BCUT2D eigenvalue weighted by Gasteiger charge is 2.15. The summed E-state index contributed by atoms with van der Waals surface area (Å²) in [5.41, 5.74) is 2.59. The van der Waals surface area contributed by atoms with Crippen molar-refractivity contribution in [3.63, 3.8) is 0 Å². The van der Waals surface area contributed by atoms with Crippen molar-refractivity contribution in [2.24, 2.45) is 0 Å². The van der Waals surface area contributed by atoms with E-state index in [1.807, 2.05) is 57.3 Å². The normalized spacial score (nSPS) is 10.5. The van der Waals surface area contributed by atoms with Crippen LogP contribution < -0.4 is 5.56 Å². The van der Waals surface area contributed by atoms with Gasteiger partial charge in [-0.2, -0.15) is 5.26 Å². The van der Waals surface area contributed by atoms with Gasteiger partial charge in [0.25, 0.3) is 5.56 Å². The average Bonchev–Trinajstić information content (AvgIpc) is 2.41. The second-order valence-corrected chi connectivity index (χ2v) is 4.85. The molecule has 0 radical (unpaired) electrons. The molecule has 0 unspecified atom stereocenters. The molecule has 1 aromatic carbocycles. The zero-order chi connectivity index (χ0) is 14.0. The molecular formula is C16H16N2O. The van der Waals surface area contributed by atoms with Crippen molar-refractivity contribution in [2.45, 2.75) is 26.8 Å². The minimum atomic E-state index is -0.220. The number of nitriles is 1. The van der Waals surface area contributed by atoms with Crippen LogP contribution in [-0.4, -0.2) is 4.57 Å². The SMILES string of the molecule is Cc1cn(C(C)C)c(=O)c(C#N)c1-c1ccccc1. The second-order valence-electron chi connectivity index (χ2n) is 4.85. The molecule has 3 nitrogen and oxygen atoms in total. The lowest BCUT2D eigenvalue weighted by Gasteiger charge is -2.15. The van der Waals surface area contributed by atoms with E-state index in [2.05, 4.69) is 6.07 Å². The van der Waals surface area contributed by atoms with Crippen LogP contribution in [0.1, 0.15) is 31.0 Å². The van der Waals surface area contributed by atoms with Crippen molar-refractivity contribution >= 4 is 0 Å². The summed E-state index contributed by atoms with van der Waals surface area (Å²) >= 11 is 0. The summed E-state index contributed by atoms with van der Waals surface area (Å²) in [6, 6.07) is 11.7. The van der Waals surface area contributed by atoms with Gasteiger partial charge in [-0.15, -0.1) is 0 Å². The van der Waals surface area contributed by atoms with Gasteiger partial charge in [0.1, 0.15) is 11.6 Å². The third-order valence-electron chi connectivity index (χ3n) is 3.16. The Hall–Kier alpha value is -2.34. The number of hydrogen-bond acceptors (Lipinski definition) is 2. The highest BCUT2D eigenvalue weighted by atomic mass is 16.1. The van der Waals surface area contributed by atoms with Gasteiger partial charge in [0.15, 0.2) is 0 Å². The summed E-state index contributed by atoms with van der Waals surface area (Å²) in [5, 5.41) is 9.33. The average molecular weight is 252 g/mol. The summed E-state index contributed by atoms with van der Waals surface area (Å²) < 4.78 is 1.61. The van der Waals surface area contributed by atoms with E-state index in [0.717, 1.165) is 16.7 Å². The Morgan fingerprint density at radius 3 is 2.37 bits per heavy atom. The fourth-order valence-electron chi connectivity index (χ4n) is 2.23. The number of aromatic nitrogens is 1. The molecule has 0 N–H and O–H groups in total. The molecule has 0 aliphatic rings. The van der Waals surface area contributed by atoms with Crippen LogP contribution in [-0.2, 0) is 0 Å². The van der Waals surface area contributed by atoms with Crippen LogP contribution in [0.5, 0.6) is 0 Å². The van der Waals surface area contributed by atoms with Gasteiger partial charge in [-0.25, -0.2) is 0 Å². The van der Waals surface area contributed by atoms with Crippen LogP contribution in [0, 0.1) is 18.3 Å².